The number of rotatable bonds is 6. The third kappa shape index (κ3) is 5.31. The van der Waals surface area contributed by atoms with Gasteiger partial charge in [0, 0.05) is 6.42 Å². The Bertz CT molecular complexity index is 393. The molecule has 0 fully saturated rings. The molecule has 0 aliphatic rings. The van der Waals surface area contributed by atoms with Crippen LogP contribution in [0.15, 0.2) is 30.3 Å². The highest BCUT2D eigenvalue weighted by atomic mass is 16.7. The molecule has 1 aromatic rings. The molecule has 1 aromatic carbocycles. The van der Waals surface area contributed by atoms with Crippen LogP contribution in [0.25, 0.3) is 0 Å². The number of aliphatic carboxylic acids is 1. The summed E-state index contributed by atoms with van der Waals surface area (Å²) in [5.41, 5.74) is 2.95. The van der Waals surface area contributed by atoms with Crippen LogP contribution in [0.4, 0.5) is 4.79 Å². The van der Waals surface area contributed by atoms with Gasteiger partial charge >= 0.3 is 12.1 Å². The largest absolute Gasteiger partial charge is 0.479 e. The van der Waals surface area contributed by atoms with E-state index in [0.717, 1.165) is 5.56 Å². The second-order valence-electron chi connectivity index (χ2n) is 3.57. The van der Waals surface area contributed by atoms with E-state index in [0.29, 0.717) is 6.42 Å². The van der Waals surface area contributed by atoms with Gasteiger partial charge in [-0.2, -0.15) is 5.48 Å². The number of benzene rings is 1. The molecular formula is C12H15NO5. The van der Waals surface area contributed by atoms with Crippen LogP contribution in [-0.4, -0.2) is 29.9 Å². The molecule has 0 unspecified atom stereocenters. The molecule has 0 heterocycles. The molecule has 0 aliphatic heterocycles. The molecule has 6 heteroatoms. The lowest BCUT2D eigenvalue weighted by molar-refractivity contribution is -0.152. The van der Waals surface area contributed by atoms with Crippen LogP contribution in [0.2, 0.25) is 0 Å². The number of amides is 1. The Labute approximate surface area is 104 Å². The van der Waals surface area contributed by atoms with Crippen molar-refractivity contribution in [2.24, 2.45) is 0 Å². The van der Waals surface area contributed by atoms with E-state index in [-0.39, 0.29) is 6.61 Å². The monoisotopic (exact) mass is 253 g/mol. The first-order chi connectivity index (χ1) is 8.59. The fraction of sp³-hybridized carbons (Fsp3) is 0.333. The van der Waals surface area contributed by atoms with Crippen molar-refractivity contribution in [3.8, 4) is 0 Å². The second kappa shape index (κ2) is 7.29. The Morgan fingerprint density at radius 3 is 2.61 bits per heavy atom. The molecule has 0 bridgehead atoms. The van der Waals surface area contributed by atoms with Gasteiger partial charge in [0.1, 0.15) is 0 Å². The predicted molar refractivity (Wildman–Crippen MR) is 62.8 cm³/mol. The normalized spacial score (nSPS) is 11.6. The average molecular weight is 253 g/mol. The van der Waals surface area contributed by atoms with Gasteiger partial charge in [0.2, 0.25) is 0 Å². The number of hydrogen-bond donors (Lipinski definition) is 2. The van der Waals surface area contributed by atoms with Crippen molar-refractivity contribution in [3.05, 3.63) is 35.9 Å². The van der Waals surface area contributed by atoms with Gasteiger partial charge in [0.05, 0.1) is 6.61 Å². The molecule has 0 aromatic heterocycles. The van der Waals surface area contributed by atoms with Gasteiger partial charge in [-0.15, -0.1) is 0 Å². The topological polar surface area (TPSA) is 84.9 Å². The molecule has 6 nitrogen and oxygen atoms in total. The third-order valence-corrected chi connectivity index (χ3v) is 2.13. The fourth-order valence-electron chi connectivity index (χ4n) is 1.12. The molecule has 98 valence electrons. The number of carbonyl (C=O) groups excluding carboxylic acids is 1. The van der Waals surface area contributed by atoms with E-state index in [9.17, 15) is 9.59 Å². The van der Waals surface area contributed by atoms with Gasteiger partial charge in [-0.1, -0.05) is 30.3 Å². The highest BCUT2D eigenvalue weighted by Gasteiger charge is 2.13. The minimum atomic E-state index is -1.17. The van der Waals surface area contributed by atoms with Crippen LogP contribution >= 0.6 is 0 Å². The van der Waals surface area contributed by atoms with Crippen molar-refractivity contribution < 1.29 is 24.3 Å². The quantitative estimate of drug-likeness (QED) is 0.748. The second-order valence-corrected chi connectivity index (χ2v) is 3.57. The zero-order valence-corrected chi connectivity index (χ0v) is 9.96. The van der Waals surface area contributed by atoms with Crippen LogP contribution in [0, 0.1) is 0 Å². The lowest BCUT2D eigenvalue weighted by Gasteiger charge is -2.09. The molecule has 0 radical (unpaired) electrons. The summed E-state index contributed by atoms with van der Waals surface area (Å²) in [6.45, 7) is 1.49. The Morgan fingerprint density at radius 2 is 2.00 bits per heavy atom. The number of carboxylic acid groups (broad SMARTS) is 1. The first-order valence-corrected chi connectivity index (χ1v) is 5.44. The molecule has 2 N–H and O–H groups in total. The van der Waals surface area contributed by atoms with Crippen LogP contribution < -0.4 is 5.48 Å². The summed E-state index contributed by atoms with van der Waals surface area (Å²) >= 11 is 0. The summed E-state index contributed by atoms with van der Waals surface area (Å²) in [4.78, 5) is 26.0. The average Bonchev–Trinajstić information content (AvgIpc) is 2.37. The van der Waals surface area contributed by atoms with Crippen LogP contribution in [0.3, 0.4) is 0 Å². The van der Waals surface area contributed by atoms with E-state index < -0.39 is 18.2 Å². The number of hydrogen-bond acceptors (Lipinski definition) is 4. The standard InChI is InChI=1S/C12H15NO5/c1-9(11(14)15)18-13-12(16)17-8-7-10-5-3-2-4-6-10/h2-6,9H,7-8H2,1H3,(H,13,16)(H,14,15)/t9-/m1/s1. The highest BCUT2D eigenvalue weighted by Crippen LogP contribution is 1.99. The van der Waals surface area contributed by atoms with Crippen molar-refractivity contribution in [2.45, 2.75) is 19.4 Å². The Morgan fingerprint density at radius 1 is 1.33 bits per heavy atom. The number of carboxylic acids is 1. The fourth-order valence-corrected chi connectivity index (χ4v) is 1.12. The maximum absolute atomic E-state index is 11.1. The smallest absolute Gasteiger partial charge is 0.431 e. The maximum atomic E-state index is 11.1. The van der Waals surface area contributed by atoms with E-state index in [4.69, 9.17) is 9.84 Å². The molecule has 0 saturated carbocycles. The summed E-state index contributed by atoms with van der Waals surface area (Å²) in [5.74, 6) is -1.17. The van der Waals surface area contributed by atoms with Crippen LogP contribution in [0.1, 0.15) is 12.5 Å². The molecule has 1 rings (SSSR count). The van der Waals surface area contributed by atoms with E-state index in [1.54, 1.807) is 0 Å². The van der Waals surface area contributed by atoms with Gasteiger partial charge in [0.25, 0.3) is 0 Å². The lowest BCUT2D eigenvalue weighted by Crippen LogP contribution is -2.33. The minimum Gasteiger partial charge on any atom is -0.479 e. The van der Waals surface area contributed by atoms with Crippen molar-refractivity contribution in [1.29, 1.82) is 0 Å². The molecule has 0 aliphatic carbocycles. The lowest BCUT2D eigenvalue weighted by atomic mass is 10.2. The molecule has 18 heavy (non-hydrogen) atoms. The predicted octanol–water partition coefficient (Wildman–Crippen LogP) is 1.36. The number of ether oxygens (including phenoxy) is 1. The summed E-state index contributed by atoms with van der Waals surface area (Å²) < 4.78 is 4.81. The Kier molecular flexibility index (Phi) is 5.66. The SMILES string of the molecule is C[C@@H](ONC(=O)OCCc1ccccc1)C(=O)O. The van der Waals surface area contributed by atoms with Crippen LogP contribution in [0.5, 0.6) is 0 Å². The summed E-state index contributed by atoms with van der Waals surface area (Å²) in [6.07, 6.45) is -1.34. The highest BCUT2D eigenvalue weighted by molar-refractivity contribution is 5.72. The molecule has 0 spiro atoms. The van der Waals surface area contributed by atoms with E-state index in [2.05, 4.69) is 4.84 Å². The molecule has 1 atom stereocenters. The Hall–Kier alpha value is -2.08. The van der Waals surface area contributed by atoms with E-state index in [1.807, 2.05) is 35.8 Å². The minimum absolute atomic E-state index is 0.195. The van der Waals surface area contributed by atoms with Gasteiger partial charge in [-0.05, 0) is 12.5 Å². The van der Waals surface area contributed by atoms with Gasteiger partial charge in [-0.3, -0.25) is 4.84 Å². The zero-order chi connectivity index (χ0) is 13.4. The zero-order valence-electron chi connectivity index (χ0n) is 9.96. The van der Waals surface area contributed by atoms with Gasteiger partial charge in [-0.25, -0.2) is 9.59 Å². The number of hydroxylamine groups is 1. The van der Waals surface area contributed by atoms with E-state index in [1.165, 1.54) is 6.92 Å². The third-order valence-electron chi connectivity index (χ3n) is 2.13. The summed E-state index contributed by atoms with van der Waals surface area (Å²) in [5, 5.41) is 8.50. The Balaban J connectivity index is 2.16. The first kappa shape index (κ1) is 14.0. The van der Waals surface area contributed by atoms with Crippen molar-refractivity contribution in [3.63, 3.8) is 0 Å². The molecule has 0 saturated heterocycles. The van der Waals surface area contributed by atoms with Crippen molar-refractivity contribution >= 4 is 12.1 Å². The van der Waals surface area contributed by atoms with E-state index >= 15 is 0 Å². The molecule has 1 amide bonds. The maximum Gasteiger partial charge on any atom is 0.431 e. The van der Waals surface area contributed by atoms with Gasteiger partial charge in [0.15, 0.2) is 6.10 Å². The summed E-state index contributed by atoms with van der Waals surface area (Å²) in [6, 6.07) is 9.53. The molecular weight excluding hydrogens is 238 g/mol. The number of nitrogens with one attached hydrogen (secondary N) is 1. The number of carbonyl (C=O) groups is 2. The van der Waals surface area contributed by atoms with Crippen LogP contribution in [-0.2, 0) is 20.8 Å². The van der Waals surface area contributed by atoms with Crippen molar-refractivity contribution in [1.82, 2.24) is 5.48 Å². The summed E-state index contributed by atoms with van der Waals surface area (Å²) in [7, 11) is 0. The van der Waals surface area contributed by atoms with Gasteiger partial charge < -0.3 is 9.84 Å². The first-order valence-electron chi connectivity index (χ1n) is 5.44. The van der Waals surface area contributed by atoms with Crippen molar-refractivity contribution in [2.75, 3.05) is 6.61 Å².